The Labute approximate surface area is 60.3 Å². The molecule has 0 aromatic heterocycles. The molecule has 0 saturated heterocycles. The summed E-state index contributed by atoms with van der Waals surface area (Å²) in [7, 11) is 0. The zero-order valence-corrected chi connectivity index (χ0v) is 6.04. The van der Waals surface area contributed by atoms with Crippen molar-refractivity contribution in [2.75, 3.05) is 13.2 Å². The summed E-state index contributed by atoms with van der Waals surface area (Å²) < 4.78 is 4.75. The molecule has 0 aliphatic heterocycles. The molecule has 3 nitrogen and oxygen atoms in total. The van der Waals surface area contributed by atoms with E-state index in [4.69, 9.17) is 9.84 Å². The number of carbonyl (C=O) groups is 1. The maximum Gasteiger partial charge on any atom is 0.329 e. The lowest BCUT2D eigenvalue weighted by Crippen LogP contribution is -2.07. The van der Waals surface area contributed by atoms with Crippen molar-refractivity contribution in [3.05, 3.63) is 12.2 Å². The van der Waals surface area contributed by atoms with Crippen molar-refractivity contribution >= 4 is 5.97 Å². The second-order valence-electron chi connectivity index (χ2n) is 1.80. The van der Waals surface area contributed by atoms with Gasteiger partial charge in [0.1, 0.15) is 6.61 Å². The molecule has 0 aliphatic rings. The molecule has 0 fully saturated rings. The van der Waals surface area contributed by atoms with Crippen molar-refractivity contribution in [3.63, 3.8) is 0 Å². The van der Waals surface area contributed by atoms with Gasteiger partial charge in [-0.2, -0.15) is 0 Å². The molecule has 0 aromatic carbocycles. The molecule has 0 bridgehead atoms. The van der Waals surface area contributed by atoms with Crippen LogP contribution in [0.2, 0.25) is 0 Å². The van der Waals surface area contributed by atoms with Gasteiger partial charge in [-0.15, -0.1) is 0 Å². The second kappa shape index (κ2) is 6.29. The van der Waals surface area contributed by atoms with Crippen molar-refractivity contribution in [2.24, 2.45) is 0 Å². The summed E-state index contributed by atoms with van der Waals surface area (Å²) in [5, 5.41) is 8.13. The molecule has 0 atom stereocenters. The van der Waals surface area contributed by atoms with Crippen LogP contribution in [0.4, 0.5) is 0 Å². The number of carboxylic acid groups (broad SMARTS) is 1. The number of aliphatic carboxylic acids is 1. The fourth-order valence-corrected chi connectivity index (χ4v) is 0.478. The van der Waals surface area contributed by atoms with Crippen LogP contribution in [0.15, 0.2) is 12.2 Å². The van der Waals surface area contributed by atoms with Gasteiger partial charge in [0.25, 0.3) is 0 Å². The first-order valence-corrected chi connectivity index (χ1v) is 3.18. The largest absolute Gasteiger partial charge is 0.480 e. The molecule has 0 rings (SSSR count). The summed E-state index contributed by atoms with van der Waals surface area (Å²) in [6, 6.07) is 0. The minimum atomic E-state index is -0.916. The number of rotatable bonds is 5. The lowest BCUT2D eigenvalue weighted by molar-refractivity contribution is -0.142. The molecular weight excluding hydrogens is 132 g/mol. The number of carboxylic acids is 1. The molecule has 3 heteroatoms. The van der Waals surface area contributed by atoms with Crippen LogP contribution >= 0.6 is 0 Å². The molecule has 0 radical (unpaired) electrons. The van der Waals surface area contributed by atoms with E-state index in [1.165, 1.54) is 0 Å². The lowest BCUT2D eigenvalue weighted by atomic mass is 10.4. The zero-order chi connectivity index (χ0) is 7.82. The molecule has 0 unspecified atom stereocenters. The maximum absolute atomic E-state index is 9.89. The Bertz CT molecular complexity index is 118. The van der Waals surface area contributed by atoms with Gasteiger partial charge in [-0.1, -0.05) is 12.2 Å². The van der Waals surface area contributed by atoms with Gasteiger partial charge in [-0.05, 0) is 13.3 Å². The lowest BCUT2D eigenvalue weighted by Gasteiger charge is -1.95. The van der Waals surface area contributed by atoms with Crippen LogP contribution in [0.1, 0.15) is 13.3 Å². The number of hydrogen-bond donors (Lipinski definition) is 1. The minimum absolute atomic E-state index is 0.197. The van der Waals surface area contributed by atoms with Crippen LogP contribution in [0.3, 0.4) is 0 Å². The molecule has 0 aromatic rings. The molecule has 58 valence electrons. The Morgan fingerprint density at radius 3 is 2.90 bits per heavy atom. The van der Waals surface area contributed by atoms with Crippen molar-refractivity contribution in [1.29, 1.82) is 0 Å². The Morgan fingerprint density at radius 2 is 2.40 bits per heavy atom. The summed E-state index contributed by atoms with van der Waals surface area (Å²) in [6.07, 6.45) is 4.62. The van der Waals surface area contributed by atoms with E-state index in [0.29, 0.717) is 6.61 Å². The highest BCUT2D eigenvalue weighted by atomic mass is 16.5. The molecule has 1 N–H and O–H groups in total. The smallest absolute Gasteiger partial charge is 0.329 e. The first-order chi connectivity index (χ1) is 4.77. The molecule has 10 heavy (non-hydrogen) atoms. The van der Waals surface area contributed by atoms with E-state index in [0.717, 1.165) is 6.42 Å². The standard InChI is InChI=1S/C7H12O3/c1-2-3-4-5-10-6-7(8)9/h2-3H,4-6H2,1H3,(H,8,9)/b3-2+. The topological polar surface area (TPSA) is 46.5 Å². The van der Waals surface area contributed by atoms with E-state index in [1.54, 1.807) is 0 Å². The minimum Gasteiger partial charge on any atom is -0.480 e. The molecule has 0 amide bonds. The third-order valence-electron chi connectivity index (χ3n) is 0.890. The number of hydrogen-bond acceptors (Lipinski definition) is 2. The fraction of sp³-hybridized carbons (Fsp3) is 0.571. The van der Waals surface area contributed by atoms with Crippen molar-refractivity contribution in [1.82, 2.24) is 0 Å². The van der Waals surface area contributed by atoms with Gasteiger partial charge in [0, 0.05) is 0 Å². The van der Waals surface area contributed by atoms with Gasteiger partial charge >= 0.3 is 5.97 Å². The van der Waals surface area contributed by atoms with Crippen LogP contribution in [0, 0.1) is 0 Å². The third kappa shape index (κ3) is 7.17. The fourth-order valence-electron chi connectivity index (χ4n) is 0.478. The number of ether oxygens (including phenoxy) is 1. The van der Waals surface area contributed by atoms with Crippen LogP contribution in [0.5, 0.6) is 0 Å². The van der Waals surface area contributed by atoms with Gasteiger partial charge in [-0.25, -0.2) is 4.79 Å². The maximum atomic E-state index is 9.89. The Morgan fingerprint density at radius 1 is 1.70 bits per heavy atom. The Balaban J connectivity index is 2.98. The van der Waals surface area contributed by atoms with Gasteiger partial charge in [-0.3, -0.25) is 0 Å². The van der Waals surface area contributed by atoms with E-state index >= 15 is 0 Å². The summed E-state index contributed by atoms with van der Waals surface area (Å²) in [5.74, 6) is -0.916. The molecule has 0 heterocycles. The van der Waals surface area contributed by atoms with E-state index in [2.05, 4.69) is 0 Å². The molecular formula is C7H12O3. The summed E-state index contributed by atoms with van der Waals surface area (Å²) in [4.78, 5) is 9.89. The van der Waals surface area contributed by atoms with E-state index in [9.17, 15) is 4.79 Å². The Kier molecular flexibility index (Phi) is 5.77. The highest BCUT2D eigenvalue weighted by Crippen LogP contribution is 1.84. The van der Waals surface area contributed by atoms with Gasteiger partial charge in [0.05, 0.1) is 6.61 Å². The highest BCUT2D eigenvalue weighted by Gasteiger charge is 1.92. The Hall–Kier alpha value is -0.830. The zero-order valence-electron chi connectivity index (χ0n) is 6.04. The quantitative estimate of drug-likeness (QED) is 0.463. The predicted octanol–water partition coefficient (Wildman–Crippen LogP) is 1.05. The first kappa shape index (κ1) is 9.17. The first-order valence-electron chi connectivity index (χ1n) is 3.18. The third-order valence-corrected chi connectivity index (χ3v) is 0.890. The average Bonchev–Trinajstić information content (AvgIpc) is 1.87. The van der Waals surface area contributed by atoms with E-state index in [1.807, 2.05) is 19.1 Å². The van der Waals surface area contributed by atoms with Crippen LogP contribution in [0.25, 0.3) is 0 Å². The second-order valence-corrected chi connectivity index (χ2v) is 1.80. The van der Waals surface area contributed by atoms with Crippen LogP contribution in [-0.2, 0) is 9.53 Å². The average molecular weight is 144 g/mol. The monoisotopic (exact) mass is 144 g/mol. The van der Waals surface area contributed by atoms with Crippen LogP contribution < -0.4 is 0 Å². The normalized spacial score (nSPS) is 10.5. The molecule has 0 saturated carbocycles. The SMILES string of the molecule is C/C=C/CCOCC(=O)O. The van der Waals surface area contributed by atoms with Crippen molar-refractivity contribution in [2.45, 2.75) is 13.3 Å². The highest BCUT2D eigenvalue weighted by molar-refractivity contribution is 5.67. The summed E-state index contributed by atoms with van der Waals surface area (Å²) in [5.41, 5.74) is 0. The van der Waals surface area contributed by atoms with Gasteiger partial charge in [0.15, 0.2) is 0 Å². The predicted molar refractivity (Wildman–Crippen MR) is 37.9 cm³/mol. The van der Waals surface area contributed by atoms with Crippen LogP contribution in [-0.4, -0.2) is 24.3 Å². The van der Waals surface area contributed by atoms with Gasteiger partial charge < -0.3 is 9.84 Å². The summed E-state index contributed by atoms with van der Waals surface area (Å²) in [6.45, 7) is 2.20. The number of allylic oxidation sites excluding steroid dienone is 1. The van der Waals surface area contributed by atoms with E-state index < -0.39 is 5.97 Å². The molecule has 0 spiro atoms. The summed E-state index contributed by atoms with van der Waals surface area (Å²) >= 11 is 0. The van der Waals surface area contributed by atoms with Gasteiger partial charge in [0.2, 0.25) is 0 Å². The van der Waals surface area contributed by atoms with Crippen molar-refractivity contribution in [3.8, 4) is 0 Å². The van der Waals surface area contributed by atoms with Crippen molar-refractivity contribution < 1.29 is 14.6 Å². The van der Waals surface area contributed by atoms with E-state index in [-0.39, 0.29) is 6.61 Å². The molecule has 0 aliphatic carbocycles.